The molecule has 1 amide bonds. The Morgan fingerprint density at radius 1 is 1.14 bits per heavy atom. The summed E-state index contributed by atoms with van der Waals surface area (Å²) in [6.07, 6.45) is -2.80. The van der Waals surface area contributed by atoms with Gasteiger partial charge in [-0.2, -0.15) is 13.2 Å². The highest BCUT2D eigenvalue weighted by molar-refractivity contribution is 7.21. The first-order valence-electron chi connectivity index (χ1n) is 10.8. The minimum absolute atomic E-state index is 0.0249. The molecular formula is C25H21ClF3N3O2S. The number of hydrogen-bond acceptors (Lipinski definition) is 5. The number of unbranched alkanes of at least 4 members (excludes halogenated alkanes) is 1. The summed E-state index contributed by atoms with van der Waals surface area (Å²) in [7, 11) is 0. The summed E-state index contributed by atoms with van der Waals surface area (Å²) >= 11 is 6.67. The van der Waals surface area contributed by atoms with Crippen LogP contribution in [0.5, 0.6) is 5.75 Å². The molecule has 182 valence electrons. The van der Waals surface area contributed by atoms with Crippen LogP contribution < -0.4 is 15.8 Å². The van der Waals surface area contributed by atoms with Gasteiger partial charge in [0, 0.05) is 21.7 Å². The van der Waals surface area contributed by atoms with Crippen LogP contribution in [-0.4, -0.2) is 17.5 Å². The molecule has 5 nitrogen and oxygen atoms in total. The lowest BCUT2D eigenvalue weighted by Gasteiger charge is -2.12. The number of nitrogens with zero attached hydrogens (tertiary/aromatic N) is 1. The van der Waals surface area contributed by atoms with E-state index in [0.29, 0.717) is 28.6 Å². The number of carbonyl (C=O) groups excluding carboxylic acids is 1. The molecule has 4 aromatic rings. The Kier molecular flexibility index (Phi) is 7.18. The Balaban J connectivity index is 1.72. The summed E-state index contributed by atoms with van der Waals surface area (Å²) in [5.41, 5.74) is 5.89. The number of carbonyl (C=O) groups is 1. The Hall–Kier alpha value is -3.30. The Bertz CT molecular complexity index is 1350. The number of benzene rings is 2. The Morgan fingerprint density at radius 3 is 2.46 bits per heavy atom. The number of alkyl halides is 3. The van der Waals surface area contributed by atoms with E-state index in [9.17, 15) is 18.0 Å². The van der Waals surface area contributed by atoms with Gasteiger partial charge in [0.15, 0.2) is 0 Å². The smallest absolute Gasteiger partial charge is 0.417 e. The first kappa shape index (κ1) is 24.8. The number of fused-ring (bicyclic) bond motifs is 1. The van der Waals surface area contributed by atoms with Crippen LogP contribution in [0, 0.1) is 0 Å². The van der Waals surface area contributed by atoms with E-state index in [1.807, 2.05) is 0 Å². The molecule has 3 N–H and O–H groups in total. The predicted molar refractivity (Wildman–Crippen MR) is 134 cm³/mol. The van der Waals surface area contributed by atoms with Crippen LogP contribution in [0.1, 0.15) is 35.0 Å². The molecule has 0 aliphatic heterocycles. The van der Waals surface area contributed by atoms with Gasteiger partial charge in [0.2, 0.25) is 0 Å². The SMILES string of the molecule is CCCCOc1ccc(-c2cc(C(F)(F)F)c3c(N)c(C(=O)Nc4ccc(Cl)cc4)sc3n2)cc1. The van der Waals surface area contributed by atoms with E-state index in [2.05, 4.69) is 17.2 Å². The molecule has 2 aromatic heterocycles. The van der Waals surface area contributed by atoms with Gasteiger partial charge in [-0.05, 0) is 61.0 Å². The maximum absolute atomic E-state index is 14.0. The highest BCUT2D eigenvalue weighted by Gasteiger charge is 2.36. The lowest BCUT2D eigenvalue weighted by atomic mass is 10.1. The number of aromatic nitrogens is 1. The number of pyridine rings is 1. The van der Waals surface area contributed by atoms with E-state index in [-0.39, 0.29) is 26.5 Å². The first-order valence-corrected chi connectivity index (χ1v) is 12.0. The van der Waals surface area contributed by atoms with Crippen molar-refractivity contribution in [2.24, 2.45) is 0 Å². The van der Waals surface area contributed by atoms with Crippen molar-refractivity contribution in [1.82, 2.24) is 4.98 Å². The van der Waals surface area contributed by atoms with Gasteiger partial charge in [-0.15, -0.1) is 11.3 Å². The average Bonchev–Trinajstić information content (AvgIpc) is 3.16. The number of halogens is 4. The zero-order valence-electron chi connectivity index (χ0n) is 18.6. The molecule has 0 aliphatic rings. The van der Waals surface area contributed by atoms with Crippen LogP contribution in [0.15, 0.2) is 54.6 Å². The summed E-state index contributed by atoms with van der Waals surface area (Å²) in [6, 6.07) is 14.0. The van der Waals surface area contributed by atoms with E-state index < -0.39 is 17.6 Å². The fourth-order valence-electron chi connectivity index (χ4n) is 3.44. The minimum Gasteiger partial charge on any atom is -0.494 e. The summed E-state index contributed by atoms with van der Waals surface area (Å²) in [5, 5.41) is 2.83. The number of nitrogens with two attached hydrogens (primary N) is 1. The fraction of sp³-hybridized carbons (Fsp3) is 0.200. The molecular weight excluding hydrogens is 499 g/mol. The zero-order chi connectivity index (χ0) is 25.2. The minimum atomic E-state index is -4.70. The fourth-order valence-corrected chi connectivity index (χ4v) is 4.58. The topological polar surface area (TPSA) is 77.2 Å². The van der Waals surface area contributed by atoms with Gasteiger partial charge in [-0.1, -0.05) is 24.9 Å². The molecule has 0 aliphatic carbocycles. The second-order valence-electron chi connectivity index (χ2n) is 7.77. The molecule has 2 heterocycles. The van der Waals surface area contributed by atoms with Gasteiger partial charge in [0.1, 0.15) is 15.5 Å². The maximum Gasteiger partial charge on any atom is 0.417 e. The maximum atomic E-state index is 14.0. The van der Waals surface area contributed by atoms with Gasteiger partial charge in [0.25, 0.3) is 5.91 Å². The van der Waals surface area contributed by atoms with Gasteiger partial charge in [0.05, 0.1) is 23.6 Å². The van der Waals surface area contributed by atoms with E-state index in [1.54, 1.807) is 48.5 Å². The van der Waals surface area contributed by atoms with Crippen molar-refractivity contribution < 1.29 is 22.7 Å². The molecule has 2 aromatic carbocycles. The molecule has 0 spiro atoms. The Labute approximate surface area is 208 Å². The van der Waals surface area contributed by atoms with Crippen molar-refractivity contribution in [2.45, 2.75) is 25.9 Å². The van der Waals surface area contributed by atoms with Crippen LogP contribution in [-0.2, 0) is 6.18 Å². The van der Waals surface area contributed by atoms with E-state index in [1.165, 1.54) is 0 Å². The molecule has 0 saturated heterocycles. The molecule has 35 heavy (non-hydrogen) atoms. The number of nitrogen functional groups attached to an aromatic ring is 1. The van der Waals surface area contributed by atoms with Crippen LogP contribution in [0.25, 0.3) is 21.5 Å². The molecule has 4 rings (SSSR count). The van der Waals surface area contributed by atoms with Crippen molar-refractivity contribution >= 4 is 50.4 Å². The summed E-state index contributed by atoms with van der Waals surface area (Å²) in [6.45, 7) is 2.62. The van der Waals surface area contributed by atoms with Gasteiger partial charge in [-0.25, -0.2) is 4.98 Å². The molecule has 0 radical (unpaired) electrons. The third-order valence-electron chi connectivity index (χ3n) is 5.23. The molecule has 0 saturated carbocycles. The molecule has 0 fully saturated rings. The molecule has 0 atom stereocenters. The third kappa shape index (κ3) is 5.52. The molecule has 0 bridgehead atoms. The van der Waals surface area contributed by atoms with Crippen LogP contribution in [0.4, 0.5) is 24.5 Å². The average molecular weight is 520 g/mol. The van der Waals surface area contributed by atoms with E-state index in [4.69, 9.17) is 22.1 Å². The van der Waals surface area contributed by atoms with Crippen LogP contribution >= 0.6 is 22.9 Å². The second kappa shape index (κ2) is 10.1. The largest absolute Gasteiger partial charge is 0.494 e. The van der Waals surface area contributed by atoms with Crippen molar-refractivity contribution in [3.8, 4) is 17.0 Å². The Morgan fingerprint density at radius 2 is 1.83 bits per heavy atom. The molecule has 0 unspecified atom stereocenters. The number of rotatable bonds is 7. The van der Waals surface area contributed by atoms with Gasteiger partial charge in [-0.3, -0.25) is 4.79 Å². The normalized spacial score (nSPS) is 11.6. The number of thiophene rings is 1. The number of amides is 1. The highest BCUT2D eigenvalue weighted by Crippen LogP contribution is 2.43. The van der Waals surface area contributed by atoms with E-state index >= 15 is 0 Å². The quantitative estimate of drug-likeness (QED) is 0.246. The van der Waals surface area contributed by atoms with Gasteiger partial charge >= 0.3 is 6.18 Å². The predicted octanol–water partition coefficient (Wildman–Crippen LogP) is 7.65. The van der Waals surface area contributed by atoms with Crippen molar-refractivity contribution in [1.29, 1.82) is 0 Å². The van der Waals surface area contributed by atoms with Crippen LogP contribution in [0.2, 0.25) is 5.02 Å². The summed E-state index contributed by atoms with van der Waals surface area (Å²) in [5.74, 6) is -0.00285. The van der Waals surface area contributed by atoms with Crippen molar-refractivity contribution in [3.63, 3.8) is 0 Å². The standard InChI is InChI=1S/C25H21ClF3N3O2S/c1-2-3-12-34-17-10-4-14(5-11-17)19-13-18(25(27,28)29)20-21(30)22(35-24(20)32-19)23(33)31-16-8-6-15(26)7-9-16/h4-11,13H,2-3,12,30H2,1H3,(H,31,33). The lowest BCUT2D eigenvalue weighted by Crippen LogP contribution is -2.12. The number of hydrogen-bond donors (Lipinski definition) is 2. The lowest BCUT2D eigenvalue weighted by molar-refractivity contribution is -0.136. The highest BCUT2D eigenvalue weighted by atomic mass is 35.5. The zero-order valence-corrected chi connectivity index (χ0v) is 20.2. The summed E-state index contributed by atoms with van der Waals surface area (Å²) < 4.78 is 47.7. The second-order valence-corrected chi connectivity index (χ2v) is 9.20. The molecule has 10 heteroatoms. The third-order valence-corrected chi connectivity index (χ3v) is 6.58. The van der Waals surface area contributed by atoms with Crippen LogP contribution in [0.3, 0.4) is 0 Å². The van der Waals surface area contributed by atoms with Crippen molar-refractivity contribution in [2.75, 3.05) is 17.7 Å². The number of ether oxygens (including phenoxy) is 1. The summed E-state index contributed by atoms with van der Waals surface area (Å²) in [4.78, 5) is 17.2. The number of anilines is 2. The van der Waals surface area contributed by atoms with E-state index in [0.717, 1.165) is 30.2 Å². The number of nitrogens with one attached hydrogen (secondary N) is 1. The first-order chi connectivity index (χ1) is 16.7. The van der Waals surface area contributed by atoms with Gasteiger partial charge < -0.3 is 15.8 Å². The van der Waals surface area contributed by atoms with Crippen molar-refractivity contribution in [3.05, 3.63) is 70.1 Å². The monoisotopic (exact) mass is 519 g/mol.